The molecule has 4 heteroatoms. The van der Waals surface area contributed by atoms with Crippen LogP contribution in [0, 0.1) is 0 Å². The van der Waals surface area contributed by atoms with Gasteiger partial charge >= 0.3 is 6.09 Å². The van der Waals surface area contributed by atoms with Gasteiger partial charge in [-0.2, -0.15) is 0 Å². The van der Waals surface area contributed by atoms with E-state index in [4.69, 9.17) is 4.74 Å². The number of hydrogen-bond donors (Lipinski definition) is 1. The van der Waals surface area contributed by atoms with Crippen molar-refractivity contribution in [2.45, 2.75) is 64.5 Å². The molecule has 1 saturated carbocycles. The molecule has 0 atom stereocenters. The molecule has 0 aromatic heterocycles. The third-order valence-electron chi connectivity index (χ3n) is 4.29. The number of nitrogens with one attached hydrogen (secondary N) is 1. The Balaban J connectivity index is 1.76. The number of carbonyl (C=O) groups excluding carboxylic acids is 1. The first kappa shape index (κ1) is 15.2. The highest BCUT2D eigenvalue weighted by Gasteiger charge is 2.27. The molecule has 1 amide bonds. The Morgan fingerprint density at radius 2 is 2.05 bits per heavy atom. The van der Waals surface area contributed by atoms with Crippen molar-refractivity contribution in [3.05, 3.63) is 23.8 Å². The summed E-state index contributed by atoms with van der Waals surface area (Å²) in [5.41, 5.74) is 2.95. The van der Waals surface area contributed by atoms with Crippen LogP contribution in [0.4, 0.5) is 16.2 Å². The number of fused-ring (bicyclic) bond motifs is 1. The van der Waals surface area contributed by atoms with Crippen molar-refractivity contribution < 1.29 is 9.53 Å². The molecule has 2 aliphatic rings. The number of hydrogen-bond acceptors (Lipinski definition) is 3. The number of rotatable bonds is 2. The van der Waals surface area contributed by atoms with E-state index in [-0.39, 0.29) is 6.09 Å². The summed E-state index contributed by atoms with van der Waals surface area (Å²) < 4.78 is 5.53. The van der Waals surface area contributed by atoms with Crippen LogP contribution in [0.15, 0.2) is 18.2 Å². The average molecular weight is 302 g/mol. The van der Waals surface area contributed by atoms with Crippen LogP contribution in [0.1, 0.15) is 52.0 Å². The molecule has 1 N–H and O–H groups in total. The summed E-state index contributed by atoms with van der Waals surface area (Å²) in [5.74, 6) is 0. The third-order valence-corrected chi connectivity index (χ3v) is 4.29. The van der Waals surface area contributed by atoms with Crippen LogP contribution >= 0.6 is 0 Å². The summed E-state index contributed by atoms with van der Waals surface area (Å²) in [6, 6.07) is 6.97. The van der Waals surface area contributed by atoms with E-state index in [1.54, 1.807) is 4.90 Å². The first-order chi connectivity index (χ1) is 10.4. The number of amides is 1. The van der Waals surface area contributed by atoms with Gasteiger partial charge in [0, 0.05) is 18.3 Å². The summed E-state index contributed by atoms with van der Waals surface area (Å²) in [6.07, 6.45) is 5.62. The maximum Gasteiger partial charge on any atom is 0.414 e. The molecular formula is C18H26N2O2. The van der Waals surface area contributed by atoms with Crippen molar-refractivity contribution in [3.63, 3.8) is 0 Å². The van der Waals surface area contributed by atoms with Crippen LogP contribution < -0.4 is 10.2 Å². The molecule has 1 fully saturated rings. The molecular weight excluding hydrogens is 276 g/mol. The van der Waals surface area contributed by atoms with Crippen molar-refractivity contribution in [3.8, 4) is 0 Å². The first-order valence-electron chi connectivity index (χ1n) is 8.32. The van der Waals surface area contributed by atoms with Gasteiger partial charge in [-0.3, -0.25) is 4.90 Å². The zero-order valence-electron chi connectivity index (χ0n) is 13.8. The Kier molecular flexibility index (Phi) is 4.02. The Labute approximate surface area is 132 Å². The van der Waals surface area contributed by atoms with E-state index in [1.165, 1.54) is 30.5 Å². The normalized spacial score (nSPS) is 18.4. The molecule has 0 spiro atoms. The van der Waals surface area contributed by atoms with E-state index >= 15 is 0 Å². The topological polar surface area (TPSA) is 41.6 Å². The lowest BCUT2D eigenvalue weighted by Crippen LogP contribution is -2.39. The lowest BCUT2D eigenvalue weighted by molar-refractivity contribution is 0.0578. The number of benzene rings is 1. The van der Waals surface area contributed by atoms with Crippen LogP contribution in [0.2, 0.25) is 0 Å². The predicted octanol–water partition coefficient (Wildman–Crippen LogP) is 4.34. The van der Waals surface area contributed by atoms with Crippen LogP contribution in [-0.2, 0) is 11.2 Å². The number of aryl methyl sites for hydroxylation is 1. The van der Waals surface area contributed by atoms with Crippen LogP contribution in [-0.4, -0.2) is 24.3 Å². The van der Waals surface area contributed by atoms with Crippen LogP contribution in [0.3, 0.4) is 0 Å². The molecule has 0 bridgehead atoms. The first-order valence-corrected chi connectivity index (χ1v) is 8.32. The van der Waals surface area contributed by atoms with E-state index in [9.17, 15) is 4.79 Å². The zero-order valence-corrected chi connectivity index (χ0v) is 13.8. The SMILES string of the molecule is CC(C)(C)OC(=O)N1CCCc2cc(NC3CCC3)ccc21. The summed E-state index contributed by atoms with van der Waals surface area (Å²) in [4.78, 5) is 14.2. The minimum Gasteiger partial charge on any atom is -0.443 e. The van der Waals surface area contributed by atoms with Gasteiger partial charge in [0.1, 0.15) is 5.60 Å². The average Bonchev–Trinajstić information content (AvgIpc) is 2.40. The van der Waals surface area contributed by atoms with E-state index in [2.05, 4.69) is 23.5 Å². The summed E-state index contributed by atoms with van der Waals surface area (Å²) in [7, 11) is 0. The second-order valence-electron chi connectivity index (χ2n) is 7.35. The van der Waals surface area contributed by atoms with E-state index in [0.717, 1.165) is 25.1 Å². The second kappa shape index (κ2) is 5.82. The fourth-order valence-electron chi connectivity index (χ4n) is 2.98. The molecule has 4 nitrogen and oxygen atoms in total. The maximum atomic E-state index is 12.4. The van der Waals surface area contributed by atoms with Crippen LogP contribution in [0.5, 0.6) is 0 Å². The van der Waals surface area contributed by atoms with Crippen molar-refractivity contribution >= 4 is 17.5 Å². The highest BCUT2D eigenvalue weighted by molar-refractivity contribution is 5.90. The molecule has 1 aliphatic carbocycles. The number of ether oxygens (including phenoxy) is 1. The van der Waals surface area contributed by atoms with E-state index < -0.39 is 5.60 Å². The Hall–Kier alpha value is -1.71. The second-order valence-corrected chi connectivity index (χ2v) is 7.35. The highest BCUT2D eigenvalue weighted by atomic mass is 16.6. The lowest BCUT2D eigenvalue weighted by atomic mass is 9.92. The fraction of sp³-hybridized carbons (Fsp3) is 0.611. The molecule has 0 radical (unpaired) electrons. The quantitative estimate of drug-likeness (QED) is 0.883. The van der Waals surface area contributed by atoms with Gasteiger partial charge in [0.2, 0.25) is 0 Å². The van der Waals surface area contributed by atoms with Gasteiger partial charge in [-0.05, 0) is 76.6 Å². The summed E-state index contributed by atoms with van der Waals surface area (Å²) in [5, 5.41) is 3.58. The number of anilines is 2. The number of nitrogens with zero attached hydrogens (tertiary/aromatic N) is 1. The molecule has 0 saturated heterocycles. The molecule has 3 rings (SSSR count). The van der Waals surface area contributed by atoms with Crippen molar-refractivity contribution in [1.82, 2.24) is 0 Å². The summed E-state index contributed by atoms with van der Waals surface area (Å²) >= 11 is 0. The van der Waals surface area contributed by atoms with Gasteiger partial charge in [0.15, 0.2) is 0 Å². The van der Waals surface area contributed by atoms with Crippen molar-refractivity contribution in [2.24, 2.45) is 0 Å². The predicted molar refractivity (Wildman–Crippen MR) is 89.6 cm³/mol. The fourth-order valence-corrected chi connectivity index (χ4v) is 2.98. The Morgan fingerprint density at radius 3 is 2.68 bits per heavy atom. The minimum atomic E-state index is -0.458. The maximum absolute atomic E-state index is 12.4. The van der Waals surface area contributed by atoms with Gasteiger partial charge in [-0.25, -0.2) is 4.79 Å². The zero-order chi connectivity index (χ0) is 15.7. The molecule has 0 unspecified atom stereocenters. The molecule has 1 aliphatic heterocycles. The van der Waals surface area contributed by atoms with E-state index in [1.807, 2.05) is 20.8 Å². The smallest absolute Gasteiger partial charge is 0.414 e. The van der Waals surface area contributed by atoms with Gasteiger partial charge in [-0.1, -0.05) is 0 Å². The minimum absolute atomic E-state index is 0.242. The Bertz CT molecular complexity index is 559. The van der Waals surface area contributed by atoms with Gasteiger partial charge < -0.3 is 10.1 Å². The van der Waals surface area contributed by atoms with Gasteiger partial charge in [-0.15, -0.1) is 0 Å². The van der Waals surface area contributed by atoms with Crippen molar-refractivity contribution in [1.29, 1.82) is 0 Å². The summed E-state index contributed by atoms with van der Waals surface area (Å²) in [6.45, 7) is 6.45. The standard InChI is InChI=1S/C18H26N2O2/c1-18(2,3)22-17(21)20-11-5-6-13-12-15(9-10-16(13)20)19-14-7-4-8-14/h9-10,12,14,19H,4-8,11H2,1-3H3. The third kappa shape index (κ3) is 3.37. The monoisotopic (exact) mass is 302 g/mol. The molecule has 120 valence electrons. The van der Waals surface area contributed by atoms with Gasteiger partial charge in [0.05, 0.1) is 5.69 Å². The van der Waals surface area contributed by atoms with Gasteiger partial charge in [0.25, 0.3) is 0 Å². The Morgan fingerprint density at radius 1 is 1.27 bits per heavy atom. The lowest BCUT2D eigenvalue weighted by Gasteiger charge is -2.33. The largest absolute Gasteiger partial charge is 0.443 e. The number of carbonyl (C=O) groups is 1. The highest BCUT2D eigenvalue weighted by Crippen LogP contribution is 2.32. The van der Waals surface area contributed by atoms with Crippen molar-refractivity contribution in [2.75, 3.05) is 16.8 Å². The van der Waals surface area contributed by atoms with Crippen LogP contribution in [0.25, 0.3) is 0 Å². The molecule has 1 aromatic carbocycles. The van der Waals surface area contributed by atoms with E-state index in [0.29, 0.717) is 6.04 Å². The molecule has 1 heterocycles. The molecule has 22 heavy (non-hydrogen) atoms. The molecule has 1 aromatic rings.